The number of ether oxygens (including phenoxy) is 1. The number of carbonyl (C=O) groups is 1. The fraction of sp³-hybridized carbons (Fsp3) is 0.333. The van der Waals surface area contributed by atoms with Crippen LogP contribution in [-0.2, 0) is 6.61 Å². The monoisotopic (exact) mass is 360 g/mol. The minimum atomic E-state index is -0.156. The lowest BCUT2D eigenvalue weighted by atomic mass is 9.99. The van der Waals surface area contributed by atoms with Gasteiger partial charge in [-0.25, -0.2) is 5.43 Å². The summed E-state index contributed by atoms with van der Waals surface area (Å²) >= 11 is 7.56. The number of nitrogens with zero attached hydrogens (tertiary/aromatic N) is 1. The maximum atomic E-state index is 12.4. The molecule has 6 heteroatoms. The lowest BCUT2D eigenvalue weighted by molar-refractivity contribution is 0.0958. The standard InChI is InChI=1S/C18H17ClN2O2S/c19-12-6-7-15-14(9-12)17-11(10-23-15)8-16(24-17)18(22)21-20-13-4-2-1-3-5-13/h6-9H,1-5,10H2,(H,21,22). The molecule has 1 aromatic carbocycles. The number of benzene rings is 1. The molecular weight excluding hydrogens is 344 g/mol. The van der Waals surface area contributed by atoms with Crippen molar-refractivity contribution in [3.05, 3.63) is 39.7 Å². The number of rotatable bonds is 2. The molecule has 0 radical (unpaired) electrons. The first-order chi connectivity index (χ1) is 11.7. The molecule has 2 aromatic rings. The number of carbonyl (C=O) groups excluding carboxylic acids is 1. The van der Waals surface area contributed by atoms with E-state index < -0.39 is 0 Å². The summed E-state index contributed by atoms with van der Waals surface area (Å²) in [5, 5.41) is 4.96. The number of nitrogens with one attached hydrogen (secondary N) is 1. The van der Waals surface area contributed by atoms with Crippen LogP contribution in [0.3, 0.4) is 0 Å². The Hall–Kier alpha value is -1.85. The maximum absolute atomic E-state index is 12.4. The van der Waals surface area contributed by atoms with Crippen molar-refractivity contribution >= 4 is 34.6 Å². The van der Waals surface area contributed by atoms with Crippen LogP contribution < -0.4 is 10.2 Å². The van der Waals surface area contributed by atoms with Crippen molar-refractivity contribution in [2.45, 2.75) is 38.7 Å². The van der Waals surface area contributed by atoms with Gasteiger partial charge in [-0.3, -0.25) is 4.79 Å². The molecule has 1 amide bonds. The molecule has 2 aliphatic rings. The van der Waals surface area contributed by atoms with Gasteiger partial charge in [-0.1, -0.05) is 18.0 Å². The quantitative estimate of drug-likeness (QED) is 0.765. The smallest absolute Gasteiger partial charge is 0.281 e. The Kier molecular flexibility index (Phi) is 4.29. The van der Waals surface area contributed by atoms with Crippen molar-refractivity contribution in [3.63, 3.8) is 0 Å². The number of fused-ring (bicyclic) bond motifs is 3. The van der Waals surface area contributed by atoms with Crippen LogP contribution in [0.15, 0.2) is 29.4 Å². The van der Waals surface area contributed by atoms with Crippen LogP contribution in [0, 0.1) is 0 Å². The van der Waals surface area contributed by atoms with Crippen molar-refractivity contribution in [1.29, 1.82) is 0 Å². The van der Waals surface area contributed by atoms with Crippen LogP contribution in [0.25, 0.3) is 10.4 Å². The zero-order chi connectivity index (χ0) is 16.5. The summed E-state index contributed by atoms with van der Waals surface area (Å²) in [7, 11) is 0. The highest BCUT2D eigenvalue weighted by Crippen LogP contribution is 2.43. The van der Waals surface area contributed by atoms with Gasteiger partial charge in [-0.05, 0) is 49.9 Å². The van der Waals surface area contributed by atoms with Gasteiger partial charge >= 0.3 is 0 Å². The predicted octanol–water partition coefficient (Wildman–Crippen LogP) is 5.01. The molecule has 24 heavy (non-hydrogen) atoms. The van der Waals surface area contributed by atoms with E-state index in [4.69, 9.17) is 16.3 Å². The molecule has 1 aliphatic carbocycles. The number of thiophene rings is 1. The van der Waals surface area contributed by atoms with Crippen LogP contribution >= 0.6 is 22.9 Å². The van der Waals surface area contributed by atoms with E-state index in [-0.39, 0.29) is 5.91 Å². The first-order valence-electron chi connectivity index (χ1n) is 8.12. The molecule has 1 saturated carbocycles. The molecule has 0 spiro atoms. The van der Waals surface area contributed by atoms with Gasteiger partial charge in [0.15, 0.2) is 0 Å². The summed E-state index contributed by atoms with van der Waals surface area (Å²) in [5.74, 6) is 0.652. The normalized spacial score (nSPS) is 16.0. The van der Waals surface area contributed by atoms with Crippen LogP contribution in [0.5, 0.6) is 5.75 Å². The fourth-order valence-corrected chi connectivity index (χ4v) is 4.34. The average Bonchev–Trinajstić information content (AvgIpc) is 3.05. The number of amides is 1. The molecule has 0 atom stereocenters. The Balaban J connectivity index is 1.57. The van der Waals surface area contributed by atoms with E-state index in [0.717, 1.165) is 53.1 Å². The van der Waals surface area contributed by atoms with Crippen LogP contribution in [0.1, 0.15) is 47.3 Å². The average molecular weight is 361 g/mol. The SMILES string of the molecule is O=C(NN=C1CCCCC1)c1cc2c(s1)-c1cc(Cl)ccc1OC2. The number of hydrogen-bond acceptors (Lipinski definition) is 4. The van der Waals surface area contributed by atoms with Crippen molar-refractivity contribution in [3.8, 4) is 16.2 Å². The van der Waals surface area contributed by atoms with Gasteiger partial charge in [0.25, 0.3) is 5.91 Å². The molecule has 4 nitrogen and oxygen atoms in total. The number of halogens is 1. The highest BCUT2D eigenvalue weighted by molar-refractivity contribution is 7.17. The minimum Gasteiger partial charge on any atom is -0.488 e. The summed E-state index contributed by atoms with van der Waals surface area (Å²) in [4.78, 5) is 14.1. The molecule has 0 bridgehead atoms. The fourth-order valence-electron chi connectivity index (χ4n) is 3.09. The molecule has 1 fully saturated rings. The first kappa shape index (κ1) is 15.7. The molecular formula is C18H17ClN2O2S. The summed E-state index contributed by atoms with van der Waals surface area (Å²) < 4.78 is 5.74. The van der Waals surface area contributed by atoms with Gasteiger partial charge in [0.1, 0.15) is 12.4 Å². The highest BCUT2D eigenvalue weighted by atomic mass is 35.5. The van der Waals surface area contributed by atoms with Crippen LogP contribution in [0.4, 0.5) is 0 Å². The predicted molar refractivity (Wildman–Crippen MR) is 97.1 cm³/mol. The van der Waals surface area contributed by atoms with Gasteiger partial charge in [0, 0.05) is 26.7 Å². The van der Waals surface area contributed by atoms with Crippen LogP contribution in [0.2, 0.25) is 5.02 Å². The van der Waals surface area contributed by atoms with E-state index in [1.54, 1.807) is 0 Å². The summed E-state index contributed by atoms with van der Waals surface area (Å²) in [6.45, 7) is 0.474. The molecule has 1 aliphatic heterocycles. The topological polar surface area (TPSA) is 50.7 Å². The Morgan fingerprint density at radius 1 is 1.21 bits per heavy atom. The summed E-state index contributed by atoms with van der Waals surface area (Å²) in [6.07, 6.45) is 5.56. The second kappa shape index (κ2) is 6.57. The second-order valence-corrected chi connectivity index (χ2v) is 7.56. The lowest BCUT2D eigenvalue weighted by Gasteiger charge is -2.17. The molecule has 1 N–H and O–H groups in total. The zero-order valence-electron chi connectivity index (χ0n) is 13.1. The van der Waals surface area contributed by atoms with E-state index in [1.165, 1.54) is 17.8 Å². The van der Waals surface area contributed by atoms with E-state index in [0.29, 0.717) is 16.5 Å². The van der Waals surface area contributed by atoms with Gasteiger partial charge in [0.05, 0.1) is 4.88 Å². The number of hydrazone groups is 1. The van der Waals surface area contributed by atoms with Crippen molar-refractivity contribution in [1.82, 2.24) is 5.43 Å². The maximum Gasteiger partial charge on any atom is 0.281 e. The molecule has 0 saturated heterocycles. The third kappa shape index (κ3) is 3.06. The van der Waals surface area contributed by atoms with Gasteiger partial charge in [0.2, 0.25) is 0 Å². The van der Waals surface area contributed by atoms with E-state index in [9.17, 15) is 4.79 Å². The summed E-state index contributed by atoms with van der Waals surface area (Å²) in [6, 6.07) is 7.46. The largest absolute Gasteiger partial charge is 0.488 e. The van der Waals surface area contributed by atoms with Crippen molar-refractivity contribution in [2.24, 2.45) is 5.10 Å². The number of hydrogen-bond donors (Lipinski definition) is 1. The van der Waals surface area contributed by atoms with E-state index in [1.807, 2.05) is 24.3 Å². The summed E-state index contributed by atoms with van der Waals surface area (Å²) in [5.41, 5.74) is 5.77. The first-order valence-corrected chi connectivity index (χ1v) is 9.31. The Labute approximate surface area is 149 Å². The molecule has 2 heterocycles. The molecule has 1 aromatic heterocycles. The van der Waals surface area contributed by atoms with Gasteiger partial charge in [-0.2, -0.15) is 5.10 Å². The minimum absolute atomic E-state index is 0.156. The third-order valence-corrected chi connectivity index (χ3v) is 5.79. The van der Waals surface area contributed by atoms with Gasteiger partial charge in [-0.15, -0.1) is 11.3 Å². The van der Waals surface area contributed by atoms with Crippen LogP contribution in [-0.4, -0.2) is 11.6 Å². The Bertz CT molecular complexity index is 820. The highest BCUT2D eigenvalue weighted by Gasteiger charge is 2.23. The lowest BCUT2D eigenvalue weighted by Crippen LogP contribution is -2.19. The van der Waals surface area contributed by atoms with Crippen molar-refractivity contribution < 1.29 is 9.53 Å². The van der Waals surface area contributed by atoms with E-state index in [2.05, 4.69) is 10.5 Å². The Morgan fingerprint density at radius 3 is 2.88 bits per heavy atom. The zero-order valence-corrected chi connectivity index (χ0v) is 14.7. The van der Waals surface area contributed by atoms with E-state index >= 15 is 0 Å². The van der Waals surface area contributed by atoms with Crippen molar-refractivity contribution in [2.75, 3.05) is 0 Å². The molecule has 4 rings (SSSR count). The van der Waals surface area contributed by atoms with Gasteiger partial charge < -0.3 is 4.74 Å². The third-order valence-electron chi connectivity index (χ3n) is 4.35. The molecule has 0 unspecified atom stereocenters. The Morgan fingerprint density at radius 2 is 2.04 bits per heavy atom. The second-order valence-electron chi connectivity index (χ2n) is 6.07. The molecule has 124 valence electrons.